The molecule has 2 heterocycles. The van der Waals surface area contributed by atoms with Gasteiger partial charge in [-0.3, -0.25) is 4.79 Å². The average Bonchev–Trinajstić information content (AvgIpc) is 2.55. The van der Waals surface area contributed by atoms with Gasteiger partial charge in [0.2, 0.25) is 0 Å². The molecule has 0 saturated heterocycles. The highest BCUT2D eigenvalue weighted by Crippen LogP contribution is 2.28. The lowest BCUT2D eigenvalue weighted by molar-refractivity contribution is -0.113. The number of anilines is 1. The van der Waals surface area contributed by atoms with Crippen molar-refractivity contribution < 1.29 is 4.79 Å². The molecule has 1 aliphatic heterocycles. The highest BCUT2D eigenvalue weighted by molar-refractivity contribution is 9.10. The minimum absolute atomic E-state index is 0.221. The Labute approximate surface area is 153 Å². The molecule has 122 valence electrons. The molecule has 3 N–H and O–H groups in total. The molecule has 1 aliphatic rings. The van der Waals surface area contributed by atoms with E-state index in [1.54, 1.807) is 18.3 Å². The van der Waals surface area contributed by atoms with Crippen molar-refractivity contribution in [1.29, 1.82) is 0 Å². The Bertz CT molecular complexity index is 805. The predicted molar refractivity (Wildman–Crippen MR) is 101 cm³/mol. The molecule has 2 aromatic rings. The summed E-state index contributed by atoms with van der Waals surface area (Å²) in [6, 6.07) is 12.8. The van der Waals surface area contributed by atoms with Crippen LogP contribution in [0.15, 0.2) is 64.4 Å². The van der Waals surface area contributed by atoms with Crippen molar-refractivity contribution in [2.24, 2.45) is 0 Å². The third-order valence-corrected chi connectivity index (χ3v) is 4.37. The number of rotatable bonds is 3. The van der Waals surface area contributed by atoms with E-state index in [1.165, 1.54) is 0 Å². The van der Waals surface area contributed by atoms with Crippen LogP contribution in [0.3, 0.4) is 0 Å². The van der Waals surface area contributed by atoms with E-state index in [0.29, 0.717) is 16.5 Å². The van der Waals surface area contributed by atoms with Gasteiger partial charge in [0.15, 0.2) is 5.11 Å². The van der Waals surface area contributed by atoms with Crippen LogP contribution >= 0.6 is 28.1 Å². The third-order valence-electron chi connectivity index (χ3n) is 3.62. The van der Waals surface area contributed by atoms with Gasteiger partial charge in [0.05, 0.1) is 11.6 Å². The highest BCUT2D eigenvalue weighted by atomic mass is 79.9. The van der Waals surface area contributed by atoms with Crippen LogP contribution < -0.4 is 16.0 Å². The number of nitrogens with one attached hydrogen (secondary N) is 3. The van der Waals surface area contributed by atoms with Crippen molar-refractivity contribution >= 4 is 45.0 Å². The van der Waals surface area contributed by atoms with E-state index >= 15 is 0 Å². The summed E-state index contributed by atoms with van der Waals surface area (Å²) >= 11 is 8.67. The van der Waals surface area contributed by atoms with Crippen LogP contribution in [0.4, 0.5) is 5.82 Å². The van der Waals surface area contributed by atoms with Crippen LogP contribution in [0.2, 0.25) is 0 Å². The number of amides is 1. The monoisotopic (exact) mass is 402 g/mol. The number of hydrogen-bond acceptors (Lipinski definition) is 3. The smallest absolute Gasteiger partial charge is 0.256 e. The summed E-state index contributed by atoms with van der Waals surface area (Å²) < 4.78 is 0.975. The number of nitrogens with zero attached hydrogens (tertiary/aromatic N) is 1. The van der Waals surface area contributed by atoms with E-state index in [4.69, 9.17) is 12.2 Å². The van der Waals surface area contributed by atoms with E-state index in [9.17, 15) is 4.79 Å². The molecular weight excluding hydrogens is 388 g/mol. The van der Waals surface area contributed by atoms with E-state index < -0.39 is 0 Å². The van der Waals surface area contributed by atoms with E-state index in [-0.39, 0.29) is 11.9 Å². The van der Waals surface area contributed by atoms with Crippen LogP contribution in [-0.4, -0.2) is 16.0 Å². The lowest BCUT2D eigenvalue weighted by atomic mass is 9.95. The van der Waals surface area contributed by atoms with Gasteiger partial charge in [0.25, 0.3) is 5.91 Å². The van der Waals surface area contributed by atoms with Gasteiger partial charge in [-0.25, -0.2) is 4.98 Å². The molecule has 24 heavy (non-hydrogen) atoms. The van der Waals surface area contributed by atoms with Gasteiger partial charge in [0.1, 0.15) is 5.82 Å². The summed E-state index contributed by atoms with van der Waals surface area (Å²) in [7, 11) is 0. The fourth-order valence-electron chi connectivity index (χ4n) is 2.52. The number of carbonyl (C=O) groups excluding carboxylic acids is 1. The van der Waals surface area contributed by atoms with Crippen LogP contribution in [0.5, 0.6) is 0 Å². The van der Waals surface area contributed by atoms with Crippen molar-refractivity contribution in [2.45, 2.75) is 13.0 Å². The molecule has 0 bridgehead atoms. The number of thiocarbonyl (C=S) groups is 1. The van der Waals surface area contributed by atoms with Crippen molar-refractivity contribution in [3.05, 3.63) is 70.0 Å². The molecule has 0 aliphatic carbocycles. The van der Waals surface area contributed by atoms with Gasteiger partial charge in [-0.05, 0) is 49.0 Å². The fourth-order valence-corrected chi connectivity index (χ4v) is 3.06. The number of halogens is 1. The van der Waals surface area contributed by atoms with Gasteiger partial charge in [-0.2, -0.15) is 0 Å². The Balaban J connectivity index is 1.94. The fraction of sp³-hybridized carbons (Fsp3) is 0.118. The van der Waals surface area contributed by atoms with Crippen molar-refractivity contribution in [3.8, 4) is 0 Å². The zero-order chi connectivity index (χ0) is 17.1. The largest absolute Gasteiger partial charge is 0.351 e. The zero-order valence-corrected chi connectivity index (χ0v) is 15.2. The normalized spacial score (nSPS) is 17.1. The molecule has 0 radical (unpaired) electrons. The topological polar surface area (TPSA) is 66.0 Å². The predicted octanol–water partition coefficient (Wildman–Crippen LogP) is 3.28. The summed E-state index contributed by atoms with van der Waals surface area (Å²) in [5, 5.41) is 9.50. The van der Waals surface area contributed by atoms with Crippen molar-refractivity contribution in [2.75, 3.05) is 5.32 Å². The van der Waals surface area contributed by atoms with Crippen molar-refractivity contribution in [1.82, 2.24) is 15.6 Å². The number of hydrogen-bond donors (Lipinski definition) is 3. The second-order valence-corrected chi connectivity index (χ2v) is 6.61. The van der Waals surface area contributed by atoms with E-state index in [0.717, 1.165) is 15.7 Å². The molecule has 0 fully saturated rings. The lowest BCUT2D eigenvalue weighted by Gasteiger charge is -2.30. The first-order chi connectivity index (χ1) is 11.5. The van der Waals surface area contributed by atoms with Crippen LogP contribution in [0.1, 0.15) is 18.5 Å². The minimum Gasteiger partial charge on any atom is -0.351 e. The SMILES string of the molecule is CC1=C(C(=O)Nc2ccccn2)[C@H](c2ccc(Br)cc2)NC(=S)N1. The molecule has 1 aromatic carbocycles. The number of aromatic nitrogens is 1. The van der Waals surface area contributed by atoms with Crippen LogP contribution in [-0.2, 0) is 4.79 Å². The quantitative estimate of drug-likeness (QED) is 0.687. The highest BCUT2D eigenvalue weighted by Gasteiger charge is 2.29. The van der Waals surface area contributed by atoms with Gasteiger partial charge in [0, 0.05) is 16.4 Å². The number of allylic oxidation sites excluding steroid dienone is 1. The molecule has 0 unspecified atom stereocenters. The zero-order valence-electron chi connectivity index (χ0n) is 12.8. The lowest BCUT2D eigenvalue weighted by Crippen LogP contribution is -2.45. The maximum absolute atomic E-state index is 12.8. The molecule has 0 spiro atoms. The average molecular weight is 403 g/mol. The van der Waals surface area contributed by atoms with Gasteiger partial charge in [-0.1, -0.05) is 34.1 Å². The Morgan fingerprint density at radius 2 is 2.00 bits per heavy atom. The summed E-state index contributed by atoms with van der Waals surface area (Å²) in [6.07, 6.45) is 1.63. The number of carbonyl (C=O) groups is 1. The molecule has 1 aromatic heterocycles. The van der Waals surface area contributed by atoms with Crippen LogP contribution in [0.25, 0.3) is 0 Å². The standard InChI is InChI=1S/C17H15BrN4OS/c1-10-14(16(23)21-13-4-2-3-9-19-13)15(22-17(24)20-10)11-5-7-12(18)8-6-11/h2-9,15H,1H3,(H,19,21,23)(H2,20,22,24)/t15-/m0/s1. The Kier molecular flexibility index (Phi) is 4.92. The molecule has 1 atom stereocenters. The van der Waals surface area contributed by atoms with Crippen molar-refractivity contribution in [3.63, 3.8) is 0 Å². The van der Waals surface area contributed by atoms with Gasteiger partial charge in [-0.15, -0.1) is 0 Å². The summed E-state index contributed by atoms with van der Waals surface area (Å²) in [5.74, 6) is 0.284. The molecule has 3 rings (SSSR count). The second-order valence-electron chi connectivity index (χ2n) is 5.29. The summed E-state index contributed by atoms with van der Waals surface area (Å²) in [6.45, 7) is 1.84. The Morgan fingerprint density at radius 3 is 2.67 bits per heavy atom. The molecular formula is C17H15BrN4OS. The Hall–Kier alpha value is -2.25. The maximum Gasteiger partial charge on any atom is 0.256 e. The second kappa shape index (κ2) is 7.11. The number of benzene rings is 1. The third kappa shape index (κ3) is 3.63. The van der Waals surface area contributed by atoms with E-state index in [2.05, 4.69) is 36.9 Å². The molecule has 7 heteroatoms. The minimum atomic E-state index is -0.324. The van der Waals surface area contributed by atoms with Gasteiger partial charge < -0.3 is 16.0 Å². The molecule has 1 amide bonds. The summed E-state index contributed by atoms with van der Waals surface area (Å²) in [4.78, 5) is 16.9. The molecule has 0 saturated carbocycles. The molecule has 5 nitrogen and oxygen atoms in total. The maximum atomic E-state index is 12.8. The Morgan fingerprint density at radius 1 is 1.25 bits per heavy atom. The first-order valence-electron chi connectivity index (χ1n) is 7.31. The first kappa shape index (κ1) is 16.6. The summed E-state index contributed by atoms with van der Waals surface area (Å²) in [5.41, 5.74) is 2.25. The van der Waals surface area contributed by atoms with Crippen LogP contribution in [0, 0.1) is 0 Å². The number of pyridine rings is 1. The first-order valence-corrected chi connectivity index (χ1v) is 8.51. The van der Waals surface area contributed by atoms with E-state index in [1.807, 2.05) is 37.3 Å². The van der Waals surface area contributed by atoms with Gasteiger partial charge >= 0.3 is 0 Å².